The lowest BCUT2D eigenvalue weighted by Gasteiger charge is -2.13. The van der Waals surface area contributed by atoms with Gasteiger partial charge in [0.05, 0.1) is 27.7 Å². The van der Waals surface area contributed by atoms with Gasteiger partial charge in [0, 0.05) is 9.50 Å². The third kappa shape index (κ3) is 8.99. The maximum Gasteiger partial charge on any atom is 0.277 e. The fourth-order valence-corrected chi connectivity index (χ4v) is 5.20. The highest BCUT2D eigenvalue weighted by Crippen LogP contribution is 2.34. The fourth-order valence-electron chi connectivity index (χ4n) is 3.12. The van der Waals surface area contributed by atoms with E-state index in [9.17, 15) is 4.79 Å². The highest BCUT2D eigenvalue weighted by atomic mass is 127. The van der Waals surface area contributed by atoms with Crippen LogP contribution in [0.3, 0.4) is 0 Å². The van der Waals surface area contributed by atoms with Crippen LogP contribution in [0.5, 0.6) is 17.2 Å². The van der Waals surface area contributed by atoms with Crippen LogP contribution in [0.1, 0.15) is 17.0 Å². The van der Waals surface area contributed by atoms with Crippen molar-refractivity contribution in [2.45, 2.75) is 18.4 Å². The lowest BCUT2D eigenvalue weighted by molar-refractivity contribution is -0.118. The van der Waals surface area contributed by atoms with Gasteiger partial charge in [-0.3, -0.25) is 4.79 Å². The molecule has 14 heteroatoms. The lowest BCUT2D eigenvalue weighted by atomic mass is 10.2. The van der Waals surface area contributed by atoms with Crippen LogP contribution >= 0.6 is 73.5 Å². The SMILES string of the molecule is COc1cc(/C=N\NC(=O)CSc2nnc(COc3ccc(Cl)cc3Cl)o2)cc(I)c1OCc1ccc(Br)cc1. The first-order chi connectivity index (χ1) is 19.3. The van der Waals surface area contributed by atoms with Gasteiger partial charge in [-0.05, 0) is 76.2 Å². The Kier molecular flexibility index (Phi) is 11.4. The summed E-state index contributed by atoms with van der Waals surface area (Å²) in [4.78, 5) is 12.2. The molecule has 0 unspecified atom stereocenters. The monoisotopic (exact) mass is 776 g/mol. The van der Waals surface area contributed by atoms with Crippen LogP contribution in [0, 0.1) is 3.57 Å². The van der Waals surface area contributed by atoms with Crippen LogP contribution in [0.2, 0.25) is 10.0 Å². The number of benzene rings is 3. The average Bonchev–Trinajstić information content (AvgIpc) is 3.39. The molecule has 0 radical (unpaired) electrons. The molecule has 0 bridgehead atoms. The van der Waals surface area contributed by atoms with Gasteiger partial charge in [-0.1, -0.05) is 63.0 Å². The molecular formula is C26H20BrCl2IN4O5S. The molecule has 0 aliphatic heterocycles. The van der Waals surface area contributed by atoms with Crippen molar-refractivity contribution in [2.75, 3.05) is 12.9 Å². The standard InChI is InChI=1S/C26H20BrCl2IN4O5S/c1-36-22-9-16(8-20(30)25(22)38-12-15-2-4-17(27)5-3-15)11-31-32-23(35)14-40-26-34-33-24(39-26)13-37-21-7-6-18(28)10-19(21)29/h2-11H,12-14H2,1H3,(H,32,35)/b31-11-. The second-order valence-corrected chi connectivity index (χ2v) is 11.7. The first kappa shape index (κ1) is 30.4. The van der Waals surface area contributed by atoms with Crippen molar-refractivity contribution < 1.29 is 23.4 Å². The van der Waals surface area contributed by atoms with E-state index in [-0.39, 0.29) is 29.4 Å². The third-order valence-electron chi connectivity index (χ3n) is 4.97. The maximum atomic E-state index is 12.2. The summed E-state index contributed by atoms with van der Waals surface area (Å²) in [7, 11) is 1.57. The summed E-state index contributed by atoms with van der Waals surface area (Å²) in [6.07, 6.45) is 1.52. The van der Waals surface area contributed by atoms with E-state index < -0.39 is 0 Å². The smallest absolute Gasteiger partial charge is 0.277 e. The summed E-state index contributed by atoms with van der Waals surface area (Å²) in [5.74, 6) is 1.53. The predicted molar refractivity (Wildman–Crippen MR) is 166 cm³/mol. The van der Waals surface area contributed by atoms with E-state index >= 15 is 0 Å². The van der Waals surface area contributed by atoms with E-state index in [1.165, 1.54) is 6.21 Å². The molecule has 4 aromatic rings. The molecule has 0 aliphatic rings. The number of thioether (sulfide) groups is 1. The highest BCUT2D eigenvalue weighted by Gasteiger charge is 2.13. The Morgan fingerprint density at radius 3 is 2.65 bits per heavy atom. The number of halogens is 4. The Bertz CT molecular complexity index is 1510. The van der Waals surface area contributed by atoms with Crippen molar-refractivity contribution in [2.24, 2.45) is 5.10 Å². The second kappa shape index (κ2) is 14.9. The zero-order chi connectivity index (χ0) is 28.5. The average molecular weight is 778 g/mol. The minimum absolute atomic E-state index is 0.0156. The van der Waals surface area contributed by atoms with Gasteiger partial charge in [0.2, 0.25) is 0 Å². The largest absolute Gasteiger partial charge is 0.493 e. The molecule has 0 saturated carbocycles. The molecule has 208 valence electrons. The Balaban J connectivity index is 1.25. The molecule has 4 rings (SSSR count). The number of nitrogens with zero attached hydrogens (tertiary/aromatic N) is 3. The van der Waals surface area contributed by atoms with Crippen LogP contribution in [0.4, 0.5) is 0 Å². The van der Waals surface area contributed by atoms with Gasteiger partial charge in [0.1, 0.15) is 12.4 Å². The minimum Gasteiger partial charge on any atom is -0.493 e. The van der Waals surface area contributed by atoms with Gasteiger partial charge >= 0.3 is 0 Å². The van der Waals surface area contributed by atoms with Gasteiger partial charge in [-0.15, -0.1) is 10.2 Å². The molecule has 0 fully saturated rings. The van der Waals surface area contributed by atoms with Crippen molar-refractivity contribution in [3.8, 4) is 17.2 Å². The minimum atomic E-state index is -0.346. The van der Waals surface area contributed by atoms with E-state index in [0.717, 1.165) is 30.9 Å². The molecule has 0 spiro atoms. The Morgan fingerprint density at radius 1 is 1.10 bits per heavy atom. The van der Waals surface area contributed by atoms with Crippen molar-refractivity contribution in [3.05, 3.63) is 89.7 Å². The summed E-state index contributed by atoms with van der Waals surface area (Å²) < 4.78 is 24.4. The number of hydrogen-bond donors (Lipinski definition) is 1. The fraction of sp³-hybridized carbons (Fsp3) is 0.154. The number of hydrazone groups is 1. The quantitative estimate of drug-likeness (QED) is 0.0700. The molecule has 9 nitrogen and oxygen atoms in total. The van der Waals surface area contributed by atoms with Crippen LogP contribution in [0.25, 0.3) is 0 Å². The molecular weight excluding hydrogens is 758 g/mol. The first-order valence-corrected chi connectivity index (χ1v) is 15.0. The normalized spacial score (nSPS) is 11.0. The zero-order valence-corrected chi connectivity index (χ0v) is 26.8. The summed E-state index contributed by atoms with van der Waals surface area (Å²) in [5.41, 5.74) is 4.24. The molecule has 1 heterocycles. The van der Waals surface area contributed by atoms with Gasteiger partial charge in [0.15, 0.2) is 18.1 Å². The maximum absolute atomic E-state index is 12.2. The molecule has 1 N–H and O–H groups in total. The van der Waals surface area contributed by atoms with Gasteiger partial charge in [-0.25, -0.2) is 5.43 Å². The number of amides is 1. The molecule has 3 aromatic carbocycles. The number of nitrogens with one attached hydrogen (secondary N) is 1. The van der Waals surface area contributed by atoms with E-state index in [4.69, 9.17) is 41.8 Å². The predicted octanol–water partition coefficient (Wildman–Crippen LogP) is 7.15. The molecule has 1 aromatic heterocycles. The van der Waals surface area contributed by atoms with Gasteiger partial charge in [0.25, 0.3) is 17.0 Å². The zero-order valence-electron chi connectivity index (χ0n) is 20.7. The van der Waals surface area contributed by atoms with E-state index in [1.54, 1.807) is 31.4 Å². The lowest BCUT2D eigenvalue weighted by Crippen LogP contribution is -2.19. The summed E-state index contributed by atoms with van der Waals surface area (Å²) in [5, 5.41) is 12.9. The number of carbonyl (C=O) groups is 1. The van der Waals surface area contributed by atoms with E-state index in [0.29, 0.717) is 33.9 Å². The van der Waals surface area contributed by atoms with Gasteiger partial charge in [-0.2, -0.15) is 5.10 Å². The second-order valence-electron chi connectivity index (χ2n) is 7.86. The Hall–Kier alpha value is -2.52. The summed E-state index contributed by atoms with van der Waals surface area (Å²) in [6.45, 7) is 0.411. The van der Waals surface area contributed by atoms with Crippen molar-refractivity contribution >= 4 is 85.6 Å². The summed E-state index contributed by atoms with van der Waals surface area (Å²) >= 11 is 18.6. The number of carbonyl (C=O) groups excluding carboxylic acids is 1. The number of ether oxygens (including phenoxy) is 3. The molecule has 40 heavy (non-hydrogen) atoms. The van der Waals surface area contributed by atoms with E-state index in [2.05, 4.69) is 59.2 Å². The van der Waals surface area contributed by atoms with Crippen molar-refractivity contribution in [1.82, 2.24) is 15.6 Å². The highest BCUT2D eigenvalue weighted by molar-refractivity contribution is 14.1. The topological polar surface area (TPSA) is 108 Å². The molecule has 0 saturated heterocycles. The van der Waals surface area contributed by atoms with Gasteiger partial charge < -0.3 is 18.6 Å². The summed E-state index contributed by atoms with van der Waals surface area (Å²) in [6, 6.07) is 16.4. The van der Waals surface area contributed by atoms with Crippen LogP contribution < -0.4 is 19.6 Å². The number of aromatic nitrogens is 2. The third-order valence-corrected chi connectivity index (χ3v) is 7.65. The van der Waals surface area contributed by atoms with Crippen molar-refractivity contribution in [1.29, 1.82) is 0 Å². The van der Waals surface area contributed by atoms with Crippen LogP contribution in [-0.4, -0.2) is 35.2 Å². The van der Waals surface area contributed by atoms with E-state index in [1.807, 2.05) is 30.3 Å². The molecule has 1 amide bonds. The molecule has 0 aliphatic carbocycles. The van der Waals surface area contributed by atoms with Crippen LogP contribution in [0.15, 0.2) is 73.8 Å². The van der Waals surface area contributed by atoms with Crippen molar-refractivity contribution in [3.63, 3.8) is 0 Å². The number of hydrogen-bond acceptors (Lipinski definition) is 9. The number of methoxy groups -OCH3 is 1. The van der Waals surface area contributed by atoms with Crippen LogP contribution in [-0.2, 0) is 18.0 Å². The Morgan fingerprint density at radius 2 is 1.90 bits per heavy atom. The Labute approximate surface area is 266 Å². The molecule has 0 atom stereocenters. The first-order valence-electron chi connectivity index (χ1n) is 11.4. The number of rotatable bonds is 12.